The lowest BCUT2D eigenvalue weighted by Crippen LogP contribution is -2.27. The Balaban J connectivity index is 1.03. The first-order chi connectivity index (χ1) is 21.3. The van der Waals surface area contributed by atoms with Crippen LogP contribution in [0.4, 0.5) is 0 Å². The molecule has 4 unspecified atom stereocenters. The van der Waals surface area contributed by atoms with Gasteiger partial charge in [-0.3, -0.25) is 0 Å². The quantitative estimate of drug-likeness (QED) is 0.173. The normalized spacial score (nSPS) is 24.9. The number of imidazole rings is 2. The molecule has 3 fully saturated rings. The number of nitrogens with one attached hydrogen (secondary N) is 4. The number of aromatic amines is 2. The molecule has 6 heteroatoms. The highest BCUT2D eigenvalue weighted by atomic mass is 15.0. The van der Waals surface area contributed by atoms with Gasteiger partial charge in [-0.2, -0.15) is 0 Å². The Kier molecular flexibility index (Phi) is 6.26. The van der Waals surface area contributed by atoms with E-state index in [9.17, 15) is 0 Å². The first-order valence-electron chi connectivity index (χ1n) is 16.6. The molecular formula is C37H40N6. The molecule has 2 aliphatic heterocycles. The summed E-state index contributed by atoms with van der Waals surface area (Å²) < 4.78 is 0. The van der Waals surface area contributed by atoms with Gasteiger partial charge in [-0.05, 0) is 121 Å². The first-order valence-corrected chi connectivity index (χ1v) is 16.6. The van der Waals surface area contributed by atoms with Gasteiger partial charge in [-0.1, -0.05) is 55.3 Å². The summed E-state index contributed by atoms with van der Waals surface area (Å²) in [4.78, 5) is 16.9. The number of benzene rings is 3. The average molecular weight is 569 g/mol. The van der Waals surface area contributed by atoms with Crippen molar-refractivity contribution in [2.24, 2.45) is 5.92 Å². The Morgan fingerprint density at radius 1 is 0.651 bits per heavy atom. The van der Waals surface area contributed by atoms with Crippen LogP contribution in [0.25, 0.3) is 44.5 Å². The number of rotatable bonds is 5. The summed E-state index contributed by atoms with van der Waals surface area (Å²) in [6.45, 7) is 2.16. The second kappa shape index (κ2) is 10.5. The summed E-state index contributed by atoms with van der Waals surface area (Å²) in [6.07, 6.45) is 13.2. The predicted molar refractivity (Wildman–Crippen MR) is 173 cm³/mol. The number of aromatic nitrogens is 4. The zero-order chi connectivity index (χ0) is 28.3. The van der Waals surface area contributed by atoms with Gasteiger partial charge in [0.2, 0.25) is 0 Å². The molecule has 2 saturated heterocycles. The van der Waals surface area contributed by atoms with Gasteiger partial charge in [0.1, 0.15) is 11.6 Å². The van der Waals surface area contributed by atoms with Crippen molar-refractivity contribution in [1.82, 2.24) is 30.6 Å². The predicted octanol–water partition coefficient (Wildman–Crippen LogP) is 7.97. The fourth-order valence-corrected chi connectivity index (χ4v) is 8.31. The van der Waals surface area contributed by atoms with Crippen molar-refractivity contribution in [2.45, 2.75) is 75.8 Å². The van der Waals surface area contributed by atoms with E-state index in [1.807, 2.05) is 6.20 Å². The van der Waals surface area contributed by atoms with E-state index in [-0.39, 0.29) is 0 Å². The van der Waals surface area contributed by atoms with Crippen LogP contribution in [-0.4, -0.2) is 33.0 Å². The third-order valence-corrected chi connectivity index (χ3v) is 10.8. The number of fused-ring (bicyclic) bond motifs is 4. The van der Waals surface area contributed by atoms with Gasteiger partial charge in [-0.15, -0.1) is 0 Å². The molecular weight excluding hydrogens is 528 g/mol. The first kappa shape index (κ1) is 25.7. The van der Waals surface area contributed by atoms with Gasteiger partial charge in [0.25, 0.3) is 0 Å². The summed E-state index contributed by atoms with van der Waals surface area (Å²) >= 11 is 0. The maximum absolute atomic E-state index is 4.96. The molecule has 43 heavy (non-hydrogen) atoms. The number of H-pyrrole nitrogens is 2. The minimum absolute atomic E-state index is 0.347. The maximum atomic E-state index is 4.96. The monoisotopic (exact) mass is 568 g/mol. The van der Waals surface area contributed by atoms with E-state index in [0.29, 0.717) is 18.0 Å². The highest BCUT2D eigenvalue weighted by Gasteiger charge is 2.41. The van der Waals surface area contributed by atoms with Crippen LogP contribution in [-0.2, 0) is 6.42 Å². The van der Waals surface area contributed by atoms with Crippen molar-refractivity contribution < 1.29 is 0 Å². The second-order valence-corrected chi connectivity index (χ2v) is 13.3. The minimum atomic E-state index is 0.347. The SMILES string of the molecule is c1cc(-c2ccc(-c3ccc4nc(C5CCCCN5)[nH]c4c3)c3c2C2CCC2C3)ccc1-c1cnc(C2CCCCN2)[nH]1. The zero-order valence-electron chi connectivity index (χ0n) is 24.8. The van der Waals surface area contributed by atoms with Crippen LogP contribution in [0.2, 0.25) is 0 Å². The summed E-state index contributed by atoms with van der Waals surface area (Å²) in [6, 6.07) is 21.4. The Bertz CT molecular complexity index is 1780. The van der Waals surface area contributed by atoms with E-state index in [4.69, 9.17) is 9.97 Å². The van der Waals surface area contributed by atoms with E-state index in [0.717, 1.165) is 60.2 Å². The third-order valence-electron chi connectivity index (χ3n) is 10.8. The van der Waals surface area contributed by atoms with Gasteiger partial charge in [-0.25, -0.2) is 9.97 Å². The Hall–Kier alpha value is -3.74. The average Bonchev–Trinajstić information content (AvgIpc) is 3.78. The molecule has 4 aliphatic rings. The summed E-state index contributed by atoms with van der Waals surface area (Å²) in [5.41, 5.74) is 13.1. The molecule has 218 valence electrons. The Morgan fingerprint density at radius 3 is 2.14 bits per heavy atom. The third kappa shape index (κ3) is 4.46. The maximum Gasteiger partial charge on any atom is 0.124 e. The van der Waals surface area contributed by atoms with E-state index >= 15 is 0 Å². The second-order valence-electron chi connectivity index (χ2n) is 13.3. The molecule has 0 amide bonds. The largest absolute Gasteiger partial charge is 0.341 e. The van der Waals surface area contributed by atoms with Crippen LogP contribution in [0.1, 0.15) is 92.1 Å². The van der Waals surface area contributed by atoms with Crippen molar-refractivity contribution in [3.05, 3.63) is 83.6 Å². The van der Waals surface area contributed by atoms with E-state index in [1.165, 1.54) is 72.8 Å². The highest BCUT2D eigenvalue weighted by Crippen LogP contribution is 2.56. The summed E-state index contributed by atoms with van der Waals surface area (Å²) in [5, 5.41) is 7.25. The molecule has 2 aliphatic carbocycles. The standard InChI is InChI=1S/C37H40N6/c1-3-17-38-31(5-1)36-40-21-34(43-36)23-9-7-22(8-10-23)27-15-14-26(29-19-24-11-13-28(24)35(27)29)25-12-16-30-33(20-25)42-37(41-30)32-6-2-4-18-39-32/h7-10,12,14-16,20-21,24,28,31-32,38-39H,1-6,11,13,17-19H2,(H,40,43)(H,41,42). The molecule has 6 nitrogen and oxygen atoms in total. The number of nitrogens with zero attached hydrogens (tertiary/aromatic N) is 2. The van der Waals surface area contributed by atoms with E-state index in [1.54, 1.807) is 11.1 Å². The molecule has 4 N–H and O–H groups in total. The van der Waals surface area contributed by atoms with Crippen LogP contribution in [0, 0.1) is 5.92 Å². The van der Waals surface area contributed by atoms with E-state index < -0.39 is 0 Å². The van der Waals surface area contributed by atoms with Crippen molar-refractivity contribution in [1.29, 1.82) is 0 Å². The zero-order valence-corrected chi connectivity index (χ0v) is 24.8. The van der Waals surface area contributed by atoms with Crippen LogP contribution in [0.5, 0.6) is 0 Å². The lowest BCUT2D eigenvalue weighted by atomic mass is 9.73. The highest BCUT2D eigenvalue weighted by molar-refractivity contribution is 5.86. The molecule has 4 heterocycles. The van der Waals surface area contributed by atoms with E-state index in [2.05, 4.69) is 75.2 Å². The summed E-state index contributed by atoms with van der Waals surface area (Å²) in [5.74, 6) is 3.65. The molecule has 1 saturated carbocycles. The van der Waals surface area contributed by atoms with Crippen molar-refractivity contribution in [3.63, 3.8) is 0 Å². The van der Waals surface area contributed by atoms with Gasteiger partial charge in [0.05, 0.1) is 35.0 Å². The molecule has 4 atom stereocenters. The molecule has 9 rings (SSSR count). The minimum Gasteiger partial charge on any atom is -0.341 e. The Morgan fingerprint density at radius 2 is 1.40 bits per heavy atom. The smallest absolute Gasteiger partial charge is 0.124 e. The van der Waals surface area contributed by atoms with Crippen molar-refractivity contribution in [2.75, 3.05) is 13.1 Å². The van der Waals surface area contributed by atoms with Crippen LogP contribution < -0.4 is 10.6 Å². The van der Waals surface area contributed by atoms with Crippen molar-refractivity contribution >= 4 is 11.0 Å². The molecule has 0 bridgehead atoms. The fraction of sp³-hybridized carbons (Fsp3) is 0.405. The van der Waals surface area contributed by atoms with Gasteiger partial charge in [0.15, 0.2) is 0 Å². The molecule has 0 spiro atoms. The van der Waals surface area contributed by atoms with Crippen LogP contribution in [0.3, 0.4) is 0 Å². The molecule has 2 aromatic heterocycles. The molecule has 5 aromatic rings. The van der Waals surface area contributed by atoms with Gasteiger partial charge < -0.3 is 20.6 Å². The lowest BCUT2D eigenvalue weighted by Gasteiger charge is -2.31. The van der Waals surface area contributed by atoms with Crippen LogP contribution >= 0.6 is 0 Å². The Labute approximate surface area is 253 Å². The number of hydrogen-bond donors (Lipinski definition) is 4. The number of hydrogen-bond acceptors (Lipinski definition) is 4. The van der Waals surface area contributed by atoms with Crippen molar-refractivity contribution in [3.8, 4) is 33.5 Å². The molecule has 0 radical (unpaired) electrons. The van der Waals surface area contributed by atoms with Crippen LogP contribution in [0.15, 0.2) is 60.8 Å². The van der Waals surface area contributed by atoms with Gasteiger partial charge in [0, 0.05) is 0 Å². The summed E-state index contributed by atoms with van der Waals surface area (Å²) in [7, 11) is 0. The lowest BCUT2D eigenvalue weighted by molar-refractivity contribution is 0.281. The topological polar surface area (TPSA) is 81.4 Å². The fourth-order valence-electron chi connectivity index (χ4n) is 8.31. The number of piperidine rings is 2. The molecule has 3 aromatic carbocycles. The van der Waals surface area contributed by atoms with Gasteiger partial charge >= 0.3 is 0 Å².